The molecule has 0 fully saturated rings. The second-order valence-electron chi connectivity index (χ2n) is 3.32. The van der Waals surface area contributed by atoms with Gasteiger partial charge in [0.25, 0.3) is 0 Å². The lowest BCUT2D eigenvalue weighted by molar-refractivity contribution is 0.193. The molecule has 1 N–H and O–H groups in total. The molecule has 1 unspecified atom stereocenters. The van der Waals surface area contributed by atoms with E-state index in [-0.39, 0.29) is 0 Å². The average Bonchev–Trinajstić information content (AvgIpc) is 2.07. The summed E-state index contributed by atoms with van der Waals surface area (Å²) in [5.41, 5.74) is 3.02. The number of aliphatic hydroxyl groups is 1. The van der Waals surface area contributed by atoms with Crippen LogP contribution in [0.1, 0.15) is 29.7 Å². The van der Waals surface area contributed by atoms with Crippen molar-refractivity contribution < 1.29 is 9.84 Å². The smallest absolute Gasteiger partial charge is 0.127 e. The van der Waals surface area contributed by atoms with Gasteiger partial charge in [-0.1, -0.05) is 12.1 Å². The van der Waals surface area contributed by atoms with Crippen LogP contribution in [0.3, 0.4) is 0 Å². The highest BCUT2D eigenvalue weighted by Gasteiger charge is 2.13. The van der Waals surface area contributed by atoms with Gasteiger partial charge in [0.2, 0.25) is 0 Å². The van der Waals surface area contributed by atoms with E-state index in [0.717, 1.165) is 22.4 Å². The highest BCUT2D eigenvalue weighted by atomic mass is 16.5. The van der Waals surface area contributed by atoms with Crippen molar-refractivity contribution in [1.29, 1.82) is 0 Å². The number of benzene rings is 1. The van der Waals surface area contributed by atoms with Crippen LogP contribution in [0.25, 0.3) is 0 Å². The molecule has 0 radical (unpaired) electrons. The van der Waals surface area contributed by atoms with Crippen molar-refractivity contribution in [2.75, 3.05) is 7.11 Å². The molecule has 0 spiro atoms. The predicted octanol–water partition coefficient (Wildman–Crippen LogP) is 2.37. The normalized spacial score (nSPS) is 12.7. The number of hydrogen-bond donors (Lipinski definition) is 1. The second kappa shape index (κ2) is 3.79. The van der Waals surface area contributed by atoms with Crippen molar-refractivity contribution >= 4 is 0 Å². The first-order chi connectivity index (χ1) is 6.07. The molecule has 13 heavy (non-hydrogen) atoms. The molecule has 1 rings (SSSR count). The lowest BCUT2D eigenvalue weighted by atomic mass is 10.00. The molecule has 1 aromatic carbocycles. The Hall–Kier alpha value is -1.02. The van der Waals surface area contributed by atoms with E-state index in [2.05, 4.69) is 0 Å². The SMILES string of the molecule is COc1c(C)ccc(C)c1C(C)O. The van der Waals surface area contributed by atoms with Crippen molar-refractivity contribution in [3.8, 4) is 5.75 Å². The van der Waals surface area contributed by atoms with Gasteiger partial charge in [0.05, 0.1) is 13.2 Å². The van der Waals surface area contributed by atoms with Crippen LogP contribution in [-0.4, -0.2) is 12.2 Å². The van der Waals surface area contributed by atoms with Crippen LogP contribution in [0.5, 0.6) is 5.75 Å². The maximum Gasteiger partial charge on any atom is 0.127 e. The summed E-state index contributed by atoms with van der Waals surface area (Å²) in [6.07, 6.45) is -0.477. The minimum Gasteiger partial charge on any atom is -0.496 e. The molecule has 0 saturated heterocycles. The van der Waals surface area contributed by atoms with Crippen molar-refractivity contribution in [2.45, 2.75) is 26.9 Å². The molecule has 1 atom stereocenters. The summed E-state index contributed by atoms with van der Waals surface area (Å²) >= 11 is 0. The standard InChI is InChI=1S/C11H16O2/c1-7-5-6-8(2)11(13-4)10(7)9(3)12/h5-6,9,12H,1-4H3. The first-order valence-corrected chi connectivity index (χ1v) is 4.40. The number of hydrogen-bond acceptors (Lipinski definition) is 2. The van der Waals surface area contributed by atoms with Gasteiger partial charge in [-0.3, -0.25) is 0 Å². The van der Waals surface area contributed by atoms with Crippen LogP contribution < -0.4 is 4.74 Å². The summed E-state index contributed by atoms with van der Waals surface area (Å²) in [7, 11) is 1.63. The van der Waals surface area contributed by atoms with E-state index in [0.29, 0.717) is 0 Å². The van der Waals surface area contributed by atoms with E-state index in [4.69, 9.17) is 4.74 Å². The average molecular weight is 180 g/mol. The van der Waals surface area contributed by atoms with Crippen LogP contribution in [-0.2, 0) is 0 Å². The molecule has 2 nitrogen and oxygen atoms in total. The van der Waals surface area contributed by atoms with E-state index >= 15 is 0 Å². The van der Waals surface area contributed by atoms with Crippen LogP contribution in [0.4, 0.5) is 0 Å². The third-order valence-corrected chi connectivity index (χ3v) is 2.23. The van der Waals surface area contributed by atoms with Crippen molar-refractivity contribution in [3.63, 3.8) is 0 Å². The number of aliphatic hydroxyl groups excluding tert-OH is 1. The van der Waals surface area contributed by atoms with Crippen molar-refractivity contribution in [3.05, 3.63) is 28.8 Å². The summed E-state index contributed by atoms with van der Waals surface area (Å²) in [5, 5.41) is 9.56. The molecule has 0 aliphatic carbocycles. The Morgan fingerprint density at radius 1 is 1.23 bits per heavy atom. The fraction of sp³-hybridized carbons (Fsp3) is 0.455. The number of methoxy groups -OCH3 is 1. The third kappa shape index (κ3) is 1.83. The monoisotopic (exact) mass is 180 g/mol. The van der Waals surface area contributed by atoms with Gasteiger partial charge < -0.3 is 9.84 Å². The van der Waals surface area contributed by atoms with Gasteiger partial charge in [0, 0.05) is 5.56 Å². The molecular weight excluding hydrogens is 164 g/mol. The van der Waals surface area contributed by atoms with E-state index < -0.39 is 6.10 Å². The van der Waals surface area contributed by atoms with Gasteiger partial charge in [-0.15, -0.1) is 0 Å². The Balaban J connectivity index is 3.35. The van der Waals surface area contributed by atoms with Gasteiger partial charge >= 0.3 is 0 Å². The summed E-state index contributed by atoms with van der Waals surface area (Å²) < 4.78 is 5.26. The molecular formula is C11H16O2. The van der Waals surface area contributed by atoms with E-state index in [1.807, 2.05) is 26.0 Å². The molecule has 72 valence electrons. The summed E-state index contributed by atoms with van der Waals surface area (Å²) in [6.45, 7) is 5.71. The Morgan fingerprint density at radius 3 is 2.15 bits per heavy atom. The maximum absolute atomic E-state index is 9.56. The van der Waals surface area contributed by atoms with E-state index in [1.54, 1.807) is 14.0 Å². The molecule has 0 saturated carbocycles. The first-order valence-electron chi connectivity index (χ1n) is 4.40. The number of ether oxygens (including phenoxy) is 1. The van der Waals surface area contributed by atoms with Gasteiger partial charge in [-0.2, -0.15) is 0 Å². The van der Waals surface area contributed by atoms with Crippen LogP contribution >= 0.6 is 0 Å². The molecule has 2 heteroatoms. The fourth-order valence-corrected chi connectivity index (χ4v) is 1.60. The van der Waals surface area contributed by atoms with E-state index in [1.165, 1.54) is 0 Å². The zero-order chi connectivity index (χ0) is 10.0. The quantitative estimate of drug-likeness (QED) is 0.757. The molecule has 1 aromatic rings. The van der Waals surface area contributed by atoms with Crippen LogP contribution in [0, 0.1) is 13.8 Å². The van der Waals surface area contributed by atoms with Crippen molar-refractivity contribution in [1.82, 2.24) is 0 Å². The zero-order valence-electron chi connectivity index (χ0n) is 8.59. The van der Waals surface area contributed by atoms with Crippen LogP contribution in [0.15, 0.2) is 12.1 Å². The molecule has 0 amide bonds. The van der Waals surface area contributed by atoms with Gasteiger partial charge in [0.1, 0.15) is 5.75 Å². The third-order valence-electron chi connectivity index (χ3n) is 2.23. The minimum atomic E-state index is -0.477. The summed E-state index contributed by atoms with van der Waals surface area (Å²) in [6, 6.07) is 4.00. The largest absolute Gasteiger partial charge is 0.496 e. The van der Waals surface area contributed by atoms with Crippen LogP contribution in [0.2, 0.25) is 0 Å². The minimum absolute atomic E-state index is 0.477. The number of aryl methyl sites for hydroxylation is 2. The highest BCUT2D eigenvalue weighted by Crippen LogP contribution is 2.31. The van der Waals surface area contributed by atoms with Gasteiger partial charge in [-0.25, -0.2) is 0 Å². The Morgan fingerprint density at radius 2 is 1.77 bits per heavy atom. The van der Waals surface area contributed by atoms with E-state index in [9.17, 15) is 5.11 Å². The Labute approximate surface area is 79.2 Å². The Bertz CT molecular complexity index is 303. The maximum atomic E-state index is 9.56. The molecule has 0 aliphatic heterocycles. The van der Waals surface area contributed by atoms with Crippen molar-refractivity contribution in [2.24, 2.45) is 0 Å². The highest BCUT2D eigenvalue weighted by molar-refractivity contribution is 5.46. The second-order valence-corrected chi connectivity index (χ2v) is 3.32. The first kappa shape index (κ1) is 10.1. The Kier molecular flexibility index (Phi) is 2.94. The molecule has 0 heterocycles. The fourth-order valence-electron chi connectivity index (χ4n) is 1.60. The molecule has 0 bridgehead atoms. The summed E-state index contributed by atoms with van der Waals surface area (Å²) in [5.74, 6) is 0.801. The predicted molar refractivity (Wildman–Crippen MR) is 53.1 cm³/mol. The summed E-state index contributed by atoms with van der Waals surface area (Å²) in [4.78, 5) is 0. The lowest BCUT2D eigenvalue weighted by Gasteiger charge is -2.16. The topological polar surface area (TPSA) is 29.5 Å². The molecule has 0 aromatic heterocycles. The lowest BCUT2D eigenvalue weighted by Crippen LogP contribution is -2.01. The van der Waals surface area contributed by atoms with Gasteiger partial charge in [0.15, 0.2) is 0 Å². The zero-order valence-corrected chi connectivity index (χ0v) is 8.59. The number of rotatable bonds is 2. The van der Waals surface area contributed by atoms with Gasteiger partial charge in [-0.05, 0) is 31.9 Å². The molecule has 0 aliphatic rings.